The molecule has 2 saturated heterocycles. The topological polar surface area (TPSA) is 142 Å². The largest absolute Gasteiger partial charge is 0.477 e. The average Bonchev–Trinajstić information content (AvgIpc) is 3.60. The maximum Gasteiger partial charge on any atom is 0.411 e. The van der Waals surface area contributed by atoms with Crippen molar-refractivity contribution in [2.75, 3.05) is 42.3 Å². The van der Waals surface area contributed by atoms with Gasteiger partial charge in [0.15, 0.2) is 5.82 Å². The number of hydrogen-bond acceptors (Lipinski definition) is 9. The summed E-state index contributed by atoms with van der Waals surface area (Å²) in [5.74, 6) is 1.38. The number of nitrogens with one attached hydrogen (secondary N) is 2. The number of carbonyl (C=O) groups excluding carboxylic acids is 3. The molecule has 3 fully saturated rings. The van der Waals surface area contributed by atoms with Crippen LogP contribution in [0.25, 0.3) is 0 Å². The van der Waals surface area contributed by atoms with Gasteiger partial charge in [0.2, 0.25) is 11.8 Å². The van der Waals surface area contributed by atoms with Gasteiger partial charge in [-0.15, -0.1) is 0 Å². The first-order valence-corrected chi connectivity index (χ1v) is 15.0. The highest BCUT2D eigenvalue weighted by atomic mass is 16.6. The first kappa shape index (κ1) is 30.3. The van der Waals surface area contributed by atoms with Crippen LogP contribution in [0.5, 0.6) is 5.88 Å². The van der Waals surface area contributed by atoms with Gasteiger partial charge in [0, 0.05) is 44.1 Å². The third-order valence-corrected chi connectivity index (χ3v) is 8.22. The highest BCUT2D eigenvalue weighted by Gasteiger charge is 2.52. The molecule has 13 nitrogen and oxygen atoms in total. The van der Waals surface area contributed by atoms with Crippen LogP contribution in [-0.2, 0) is 9.53 Å². The van der Waals surface area contributed by atoms with Crippen molar-refractivity contribution in [2.24, 2.45) is 5.92 Å². The van der Waals surface area contributed by atoms with Gasteiger partial charge in [-0.05, 0) is 71.8 Å². The molecule has 2 aromatic rings. The van der Waals surface area contributed by atoms with Crippen LogP contribution >= 0.6 is 0 Å². The molecular formula is C30H42N8O5. The number of piperidine rings is 2. The summed E-state index contributed by atoms with van der Waals surface area (Å²) in [6, 6.07) is 2.74. The fraction of sp³-hybridized carbons (Fsp3) is 0.600. The number of hydrogen-bond donors (Lipinski definition) is 2. The summed E-state index contributed by atoms with van der Waals surface area (Å²) in [6.45, 7) is 9.21. The van der Waals surface area contributed by atoms with Gasteiger partial charge in [-0.1, -0.05) is 0 Å². The lowest BCUT2D eigenvalue weighted by molar-refractivity contribution is -0.122. The van der Waals surface area contributed by atoms with E-state index in [1.54, 1.807) is 29.1 Å². The Morgan fingerprint density at radius 3 is 2.63 bits per heavy atom. The average molecular weight is 595 g/mol. The number of urea groups is 1. The Labute approximate surface area is 252 Å². The number of nitrogens with zero attached hydrogens (tertiary/aromatic N) is 6. The van der Waals surface area contributed by atoms with Crippen LogP contribution in [0.4, 0.5) is 26.9 Å². The lowest BCUT2D eigenvalue weighted by Gasteiger charge is -2.38. The van der Waals surface area contributed by atoms with Crippen molar-refractivity contribution in [2.45, 2.75) is 83.5 Å². The molecule has 0 radical (unpaired) electrons. The third kappa shape index (κ3) is 7.08. The molecule has 0 spiro atoms. The van der Waals surface area contributed by atoms with E-state index >= 15 is 0 Å². The molecule has 2 bridgehead atoms. The number of carbonyl (C=O) groups is 3. The zero-order valence-corrected chi connectivity index (χ0v) is 25.6. The summed E-state index contributed by atoms with van der Waals surface area (Å²) in [7, 11) is 1.77. The van der Waals surface area contributed by atoms with Crippen LogP contribution in [0.15, 0.2) is 30.7 Å². The Morgan fingerprint density at radius 2 is 1.91 bits per heavy atom. The van der Waals surface area contributed by atoms with Crippen molar-refractivity contribution in [3.63, 3.8) is 0 Å². The Kier molecular flexibility index (Phi) is 8.88. The van der Waals surface area contributed by atoms with Gasteiger partial charge in [0.1, 0.15) is 17.5 Å². The van der Waals surface area contributed by atoms with Gasteiger partial charge < -0.3 is 24.6 Å². The number of likely N-dealkylation sites (N-methyl/N-ethyl adjacent to an activating group) is 1. The van der Waals surface area contributed by atoms with E-state index in [-0.39, 0.29) is 29.9 Å². The quantitative estimate of drug-likeness (QED) is 0.484. The minimum atomic E-state index is -0.635. The van der Waals surface area contributed by atoms with E-state index < -0.39 is 17.7 Å². The Hall–Kier alpha value is -4.16. The summed E-state index contributed by atoms with van der Waals surface area (Å²) >= 11 is 0. The Balaban J connectivity index is 1.21. The molecule has 0 unspecified atom stereocenters. The molecule has 5 rings (SSSR count). The van der Waals surface area contributed by atoms with Crippen molar-refractivity contribution in [1.82, 2.24) is 24.8 Å². The summed E-state index contributed by atoms with van der Waals surface area (Å²) in [5.41, 5.74) is -0.0195. The Bertz CT molecular complexity index is 1320. The summed E-state index contributed by atoms with van der Waals surface area (Å²) in [4.78, 5) is 57.9. The van der Waals surface area contributed by atoms with Crippen molar-refractivity contribution < 1.29 is 23.9 Å². The fourth-order valence-corrected chi connectivity index (χ4v) is 6.23. The molecular weight excluding hydrogens is 552 g/mol. The molecule has 4 heterocycles. The number of amides is 4. The summed E-state index contributed by atoms with van der Waals surface area (Å²) in [6.07, 6.45) is 8.53. The molecule has 4 atom stereocenters. The van der Waals surface area contributed by atoms with E-state index in [1.165, 1.54) is 12.4 Å². The number of likely N-dealkylation sites (tertiary alicyclic amines) is 1. The zero-order valence-electron chi connectivity index (χ0n) is 25.6. The standard InChI is InChI=1S/C30H42N8O5/c1-6-42-25-17-32-23(16-33-25)35-28(40)36(5)22-8-7-13-37(18-22)24-15-20(11-12-31-24)34-27(39)26-19-9-10-21(14-19)38(26)29(41)43-30(2,3)4/h11-12,15-17,19,21-22,26H,6-10,13-14,18H2,1-5H3,(H,31,34,39)(H,32,35,40)/t19-,21+,22+,26-/m0/s1. The maximum absolute atomic E-state index is 13.5. The fourth-order valence-electron chi connectivity index (χ4n) is 6.23. The third-order valence-electron chi connectivity index (χ3n) is 8.22. The van der Waals surface area contributed by atoms with Crippen molar-refractivity contribution in [1.29, 1.82) is 0 Å². The van der Waals surface area contributed by atoms with E-state index in [2.05, 4.69) is 30.5 Å². The number of anilines is 3. The van der Waals surface area contributed by atoms with Gasteiger partial charge in [-0.2, -0.15) is 0 Å². The highest BCUT2D eigenvalue weighted by Crippen LogP contribution is 2.43. The molecule has 2 N–H and O–H groups in total. The molecule has 1 saturated carbocycles. The van der Waals surface area contributed by atoms with Gasteiger partial charge in [0.05, 0.1) is 25.0 Å². The van der Waals surface area contributed by atoms with E-state index in [4.69, 9.17) is 9.47 Å². The molecule has 0 aromatic carbocycles. The molecule has 43 heavy (non-hydrogen) atoms. The zero-order chi connectivity index (χ0) is 30.7. The van der Waals surface area contributed by atoms with Crippen LogP contribution in [0.2, 0.25) is 0 Å². The number of ether oxygens (including phenoxy) is 2. The van der Waals surface area contributed by atoms with E-state index in [9.17, 15) is 14.4 Å². The lowest BCUT2D eigenvalue weighted by atomic mass is 9.98. The smallest absolute Gasteiger partial charge is 0.411 e. The number of rotatable bonds is 7. The minimum Gasteiger partial charge on any atom is -0.477 e. The SMILES string of the molecule is CCOc1cnc(NC(=O)N(C)[C@@H]2CCCN(c3cc(NC(=O)[C@@H]4[C@H]5CC[C@H](C5)N4C(=O)OC(C)(C)C)ccn3)C2)cn1. The molecule has 232 valence electrons. The molecule has 1 aliphatic carbocycles. The molecule has 13 heteroatoms. The van der Waals surface area contributed by atoms with Crippen molar-refractivity contribution in [3.05, 3.63) is 30.7 Å². The van der Waals surface area contributed by atoms with E-state index in [0.29, 0.717) is 36.4 Å². The minimum absolute atomic E-state index is 0.0320. The maximum atomic E-state index is 13.5. The predicted molar refractivity (Wildman–Crippen MR) is 161 cm³/mol. The summed E-state index contributed by atoms with van der Waals surface area (Å²) in [5, 5.41) is 5.83. The number of fused-ring (bicyclic) bond motifs is 2. The van der Waals surface area contributed by atoms with Crippen LogP contribution in [-0.4, -0.2) is 93.3 Å². The van der Waals surface area contributed by atoms with Crippen LogP contribution in [0.1, 0.15) is 59.8 Å². The number of aromatic nitrogens is 3. The monoisotopic (exact) mass is 594 g/mol. The molecule has 3 aliphatic rings. The van der Waals surface area contributed by atoms with Gasteiger partial charge in [0.25, 0.3) is 0 Å². The molecule has 2 aliphatic heterocycles. The first-order chi connectivity index (χ1) is 20.5. The predicted octanol–water partition coefficient (Wildman–Crippen LogP) is 4.13. The van der Waals surface area contributed by atoms with Crippen LogP contribution < -0.4 is 20.3 Å². The Morgan fingerprint density at radius 1 is 1.09 bits per heavy atom. The van der Waals surface area contributed by atoms with E-state index in [1.807, 2.05) is 33.8 Å². The van der Waals surface area contributed by atoms with Crippen molar-refractivity contribution in [3.8, 4) is 5.88 Å². The van der Waals surface area contributed by atoms with Gasteiger partial charge >= 0.3 is 12.1 Å². The number of pyridine rings is 1. The lowest BCUT2D eigenvalue weighted by Crippen LogP contribution is -2.52. The van der Waals surface area contributed by atoms with Gasteiger partial charge in [-0.3, -0.25) is 15.0 Å². The molecule has 2 aromatic heterocycles. The summed E-state index contributed by atoms with van der Waals surface area (Å²) < 4.78 is 10.9. The van der Waals surface area contributed by atoms with Crippen LogP contribution in [0, 0.1) is 5.92 Å². The van der Waals surface area contributed by atoms with Crippen LogP contribution in [0.3, 0.4) is 0 Å². The van der Waals surface area contributed by atoms with E-state index in [0.717, 1.165) is 38.6 Å². The van der Waals surface area contributed by atoms with Crippen molar-refractivity contribution >= 4 is 35.4 Å². The second-order valence-electron chi connectivity index (χ2n) is 12.4. The molecule has 4 amide bonds. The highest BCUT2D eigenvalue weighted by molar-refractivity contribution is 5.97. The first-order valence-electron chi connectivity index (χ1n) is 15.0. The second-order valence-corrected chi connectivity index (χ2v) is 12.4. The second kappa shape index (κ2) is 12.6. The normalized spacial score (nSPS) is 23.1. The van der Waals surface area contributed by atoms with Gasteiger partial charge in [-0.25, -0.2) is 24.5 Å².